The van der Waals surface area contributed by atoms with E-state index in [4.69, 9.17) is 5.73 Å². The van der Waals surface area contributed by atoms with Gasteiger partial charge in [-0.2, -0.15) is 0 Å². The summed E-state index contributed by atoms with van der Waals surface area (Å²) >= 11 is 9.79. The van der Waals surface area contributed by atoms with Gasteiger partial charge in [0.25, 0.3) is 5.91 Å². The lowest BCUT2D eigenvalue weighted by Crippen LogP contribution is -2.13. The van der Waals surface area contributed by atoms with Crippen LogP contribution in [0.25, 0.3) is 0 Å². The number of nitrogens with two attached hydrogens (primary N) is 1. The normalized spacial score (nSPS) is 10.4. The fourth-order valence-corrected chi connectivity index (χ4v) is 3.47. The molecule has 0 radical (unpaired) electrons. The van der Waals surface area contributed by atoms with Crippen molar-refractivity contribution in [2.24, 2.45) is 0 Å². The second-order valence-corrected chi connectivity index (χ2v) is 6.60. The molecule has 0 saturated heterocycles. The Morgan fingerprint density at radius 1 is 1.05 bits per heavy atom. The van der Waals surface area contributed by atoms with Crippen LogP contribution in [0.4, 0.5) is 15.8 Å². The molecule has 2 rings (SSSR count). The minimum Gasteiger partial charge on any atom is -0.399 e. The van der Waals surface area contributed by atoms with E-state index in [1.54, 1.807) is 12.1 Å². The number of benzene rings is 2. The van der Waals surface area contributed by atoms with Crippen LogP contribution in [0.3, 0.4) is 0 Å². The Morgan fingerprint density at radius 3 is 2.20 bits per heavy atom. The second kappa shape index (κ2) is 6.24. The molecule has 0 spiro atoms. The zero-order valence-electron chi connectivity index (χ0n) is 9.88. The first-order chi connectivity index (χ1) is 9.36. The van der Waals surface area contributed by atoms with Crippen LogP contribution in [-0.4, -0.2) is 5.91 Å². The molecule has 0 aliphatic heterocycles. The van der Waals surface area contributed by atoms with E-state index in [1.165, 1.54) is 18.2 Å². The third-order valence-electron chi connectivity index (χ3n) is 2.43. The maximum absolute atomic E-state index is 13.3. The molecule has 3 nitrogen and oxygen atoms in total. The lowest BCUT2D eigenvalue weighted by atomic mass is 10.2. The Morgan fingerprint density at radius 2 is 1.65 bits per heavy atom. The summed E-state index contributed by atoms with van der Waals surface area (Å²) in [6.07, 6.45) is 0. The summed E-state index contributed by atoms with van der Waals surface area (Å²) in [5, 5.41) is 2.70. The summed E-state index contributed by atoms with van der Waals surface area (Å²) in [5.74, 6) is -0.906. The molecule has 104 valence electrons. The van der Waals surface area contributed by atoms with Crippen molar-refractivity contribution in [3.05, 3.63) is 55.1 Å². The molecule has 3 N–H and O–H groups in total. The van der Waals surface area contributed by atoms with Crippen LogP contribution in [0.2, 0.25) is 0 Å². The van der Waals surface area contributed by atoms with E-state index >= 15 is 0 Å². The first-order valence-corrected chi connectivity index (χ1v) is 7.76. The van der Waals surface area contributed by atoms with E-state index < -0.39 is 11.7 Å². The van der Waals surface area contributed by atoms with Crippen molar-refractivity contribution in [1.29, 1.82) is 0 Å². The maximum Gasteiger partial charge on any atom is 0.255 e. The molecule has 0 aliphatic rings. The Bertz CT molecular complexity index is 648. The number of hydrogen-bond donors (Lipinski definition) is 2. The molecule has 2 aromatic carbocycles. The van der Waals surface area contributed by atoms with Crippen molar-refractivity contribution in [2.75, 3.05) is 11.1 Å². The van der Waals surface area contributed by atoms with Gasteiger partial charge in [0.15, 0.2) is 0 Å². The van der Waals surface area contributed by atoms with Crippen LogP contribution in [0.1, 0.15) is 10.4 Å². The van der Waals surface area contributed by atoms with Gasteiger partial charge >= 0.3 is 0 Å². The van der Waals surface area contributed by atoms with Crippen LogP contribution >= 0.6 is 47.8 Å². The molecule has 2 aromatic rings. The van der Waals surface area contributed by atoms with Gasteiger partial charge in [0.1, 0.15) is 5.82 Å². The molecule has 20 heavy (non-hydrogen) atoms. The van der Waals surface area contributed by atoms with Crippen molar-refractivity contribution >= 4 is 65.1 Å². The number of halogens is 4. The number of nitrogens with one attached hydrogen (secondary N) is 1. The van der Waals surface area contributed by atoms with Gasteiger partial charge in [-0.05, 0) is 62.2 Å². The summed E-state index contributed by atoms with van der Waals surface area (Å²) in [5.41, 5.74) is 6.98. The topological polar surface area (TPSA) is 55.1 Å². The van der Waals surface area contributed by atoms with E-state index in [9.17, 15) is 9.18 Å². The smallest absolute Gasteiger partial charge is 0.255 e. The highest BCUT2D eigenvalue weighted by Crippen LogP contribution is 2.33. The highest BCUT2D eigenvalue weighted by atomic mass is 79.9. The molecule has 0 unspecified atom stereocenters. The lowest BCUT2D eigenvalue weighted by molar-refractivity contribution is 0.102. The zero-order chi connectivity index (χ0) is 14.9. The van der Waals surface area contributed by atoms with Crippen LogP contribution in [-0.2, 0) is 0 Å². The molecule has 0 saturated carbocycles. The van der Waals surface area contributed by atoms with Gasteiger partial charge in [0, 0.05) is 24.7 Å². The van der Waals surface area contributed by atoms with E-state index in [-0.39, 0.29) is 5.56 Å². The lowest BCUT2D eigenvalue weighted by Gasteiger charge is -2.11. The molecule has 7 heteroatoms. The highest BCUT2D eigenvalue weighted by molar-refractivity contribution is 9.11. The first-order valence-electron chi connectivity index (χ1n) is 5.39. The summed E-state index contributed by atoms with van der Waals surface area (Å²) in [6.45, 7) is 0. The molecular formula is C13H8Br3FN2O. The van der Waals surface area contributed by atoms with Gasteiger partial charge in [0.2, 0.25) is 0 Å². The molecule has 0 bridgehead atoms. The molecule has 0 heterocycles. The number of rotatable bonds is 2. The SMILES string of the molecule is Nc1cc(Br)c(NC(=O)c2cc(F)cc(Br)c2)c(Br)c1. The number of carbonyl (C=O) groups excluding carboxylic acids is 1. The second-order valence-electron chi connectivity index (χ2n) is 3.97. The highest BCUT2D eigenvalue weighted by Gasteiger charge is 2.13. The van der Waals surface area contributed by atoms with E-state index in [0.29, 0.717) is 24.8 Å². The molecule has 0 atom stereocenters. The van der Waals surface area contributed by atoms with Gasteiger partial charge in [-0.15, -0.1) is 0 Å². The molecule has 0 fully saturated rings. The number of anilines is 2. The van der Waals surface area contributed by atoms with Crippen molar-refractivity contribution in [1.82, 2.24) is 0 Å². The summed E-state index contributed by atoms with van der Waals surface area (Å²) < 4.78 is 15.1. The van der Waals surface area contributed by atoms with Gasteiger partial charge in [-0.1, -0.05) is 15.9 Å². The van der Waals surface area contributed by atoms with Crippen molar-refractivity contribution in [3.8, 4) is 0 Å². The van der Waals surface area contributed by atoms with Crippen molar-refractivity contribution in [3.63, 3.8) is 0 Å². The average Bonchev–Trinajstić information content (AvgIpc) is 2.32. The van der Waals surface area contributed by atoms with Crippen LogP contribution in [0.5, 0.6) is 0 Å². The van der Waals surface area contributed by atoms with E-state index in [0.717, 1.165) is 0 Å². The molecule has 0 aliphatic carbocycles. The zero-order valence-corrected chi connectivity index (χ0v) is 14.6. The average molecular weight is 467 g/mol. The van der Waals surface area contributed by atoms with Crippen LogP contribution < -0.4 is 11.1 Å². The van der Waals surface area contributed by atoms with E-state index in [1.807, 2.05) is 0 Å². The monoisotopic (exact) mass is 464 g/mol. The Balaban J connectivity index is 2.32. The minimum atomic E-state index is -0.486. The quantitative estimate of drug-likeness (QED) is 0.615. The van der Waals surface area contributed by atoms with Crippen molar-refractivity contribution in [2.45, 2.75) is 0 Å². The number of nitrogen functional groups attached to an aromatic ring is 1. The number of amides is 1. The summed E-state index contributed by atoms with van der Waals surface area (Å²) in [4.78, 5) is 12.1. The Hall–Kier alpha value is -0.920. The summed E-state index contributed by atoms with van der Waals surface area (Å²) in [7, 11) is 0. The number of hydrogen-bond acceptors (Lipinski definition) is 2. The predicted octanol–water partition coefficient (Wildman–Crippen LogP) is 4.95. The van der Waals surface area contributed by atoms with Gasteiger partial charge in [0.05, 0.1) is 5.69 Å². The van der Waals surface area contributed by atoms with Gasteiger partial charge < -0.3 is 11.1 Å². The van der Waals surface area contributed by atoms with Gasteiger partial charge in [-0.25, -0.2) is 4.39 Å². The molecular weight excluding hydrogens is 459 g/mol. The Labute approximate surface area is 140 Å². The number of carbonyl (C=O) groups is 1. The van der Waals surface area contributed by atoms with E-state index in [2.05, 4.69) is 53.1 Å². The van der Waals surface area contributed by atoms with Gasteiger partial charge in [-0.3, -0.25) is 4.79 Å². The fourth-order valence-electron chi connectivity index (χ4n) is 1.58. The first kappa shape index (κ1) is 15.5. The third kappa shape index (κ3) is 3.59. The largest absolute Gasteiger partial charge is 0.399 e. The van der Waals surface area contributed by atoms with Crippen molar-refractivity contribution < 1.29 is 9.18 Å². The molecule has 1 amide bonds. The molecule has 0 aromatic heterocycles. The fraction of sp³-hybridized carbons (Fsp3) is 0. The third-order valence-corrected chi connectivity index (χ3v) is 4.14. The van der Waals surface area contributed by atoms with Crippen LogP contribution in [0.15, 0.2) is 43.7 Å². The minimum absolute atomic E-state index is 0.215. The Kier molecular flexibility index (Phi) is 4.82. The standard InChI is InChI=1S/C13H8Br3FN2O/c14-7-1-6(2-8(17)3-7)13(20)19-12-10(15)4-9(18)5-11(12)16/h1-5H,18H2,(H,19,20). The summed E-state index contributed by atoms with van der Waals surface area (Å²) in [6, 6.07) is 7.33. The maximum atomic E-state index is 13.3. The predicted molar refractivity (Wildman–Crippen MR) is 88.3 cm³/mol. The van der Waals surface area contributed by atoms with Crippen LogP contribution in [0, 0.1) is 5.82 Å².